The Morgan fingerprint density at radius 2 is 2.11 bits per heavy atom. The summed E-state index contributed by atoms with van der Waals surface area (Å²) in [5, 5.41) is 0. The summed E-state index contributed by atoms with van der Waals surface area (Å²) < 4.78 is 11.3. The maximum absolute atomic E-state index is 12.2. The second-order valence-electron chi connectivity index (χ2n) is 3.80. The fourth-order valence-electron chi connectivity index (χ4n) is 1.64. The molecule has 0 aliphatic carbocycles. The van der Waals surface area contributed by atoms with Gasteiger partial charge in [0.05, 0.1) is 11.6 Å². The first-order valence-electron chi connectivity index (χ1n) is 5.62. The Hall–Kier alpha value is -1.55. The SMILES string of the molecule is CCc1ccc(C(=O)c2ccc(OC)c(Br)c2)o1. The highest BCUT2D eigenvalue weighted by atomic mass is 79.9. The number of hydrogen-bond acceptors (Lipinski definition) is 3. The van der Waals surface area contributed by atoms with Crippen LogP contribution in [0.2, 0.25) is 0 Å². The van der Waals surface area contributed by atoms with Crippen molar-refractivity contribution in [1.29, 1.82) is 0 Å². The van der Waals surface area contributed by atoms with E-state index in [2.05, 4.69) is 15.9 Å². The summed E-state index contributed by atoms with van der Waals surface area (Å²) in [6.07, 6.45) is 0.777. The van der Waals surface area contributed by atoms with E-state index in [0.29, 0.717) is 17.1 Å². The van der Waals surface area contributed by atoms with Gasteiger partial charge in [0.15, 0.2) is 5.76 Å². The van der Waals surface area contributed by atoms with Gasteiger partial charge in [-0.15, -0.1) is 0 Å². The Morgan fingerprint density at radius 3 is 2.67 bits per heavy atom. The summed E-state index contributed by atoms with van der Waals surface area (Å²) >= 11 is 3.36. The smallest absolute Gasteiger partial charge is 0.228 e. The van der Waals surface area contributed by atoms with Crippen molar-refractivity contribution in [3.05, 3.63) is 51.9 Å². The van der Waals surface area contributed by atoms with Crippen LogP contribution in [0.1, 0.15) is 28.8 Å². The average molecular weight is 309 g/mol. The first-order chi connectivity index (χ1) is 8.65. The van der Waals surface area contributed by atoms with Gasteiger partial charge in [-0.1, -0.05) is 6.92 Å². The van der Waals surface area contributed by atoms with Crippen molar-refractivity contribution in [2.45, 2.75) is 13.3 Å². The number of ether oxygens (including phenoxy) is 1. The number of carbonyl (C=O) groups is 1. The molecule has 1 aromatic heterocycles. The molecular weight excluding hydrogens is 296 g/mol. The van der Waals surface area contributed by atoms with Gasteiger partial charge in [0, 0.05) is 12.0 Å². The second-order valence-corrected chi connectivity index (χ2v) is 4.65. The molecule has 0 atom stereocenters. The topological polar surface area (TPSA) is 39.4 Å². The lowest BCUT2D eigenvalue weighted by molar-refractivity contribution is 0.101. The van der Waals surface area contributed by atoms with Gasteiger partial charge in [0.2, 0.25) is 5.78 Å². The zero-order valence-corrected chi connectivity index (χ0v) is 11.8. The van der Waals surface area contributed by atoms with Crippen LogP contribution in [0, 0.1) is 0 Å². The Morgan fingerprint density at radius 1 is 1.33 bits per heavy atom. The maximum atomic E-state index is 12.2. The van der Waals surface area contributed by atoms with E-state index in [0.717, 1.165) is 16.7 Å². The average Bonchev–Trinajstić information content (AvgIpc) is 2.86. The van der Waals surface area contributed by atoms with E-state index < -0.39 is 0 Å². The molecule has 0 aliphatic heterocycles. The lowest BCUT2D eigenvalue weighted by atomic mass is 10.1. The number of hydrogen-bond donors (Lipinski definition) is 0. The van der Waals surface area contributed by atoms with Crippen molar-refractivity contribution in [1.82, 2.24) is 0 Å². The molecule has 0 radical (unpaired) electrons. The van der Waals surface area contributed by atoms with E-state index in [4.69, 9.17) is 9.15 Å². The summed E-state index contributed by atoms with van der Waals surface area (Å²) in [5.74, 6) is 1.74. The molecule has 0 fully saturated rings. The molecule has 2 aromatic rings. The molecule has 3 nitrogen and oxygen atoms in total. The van der Waals surface area contributed by atoms with Gasteiger partial charge >= 0.3 is 0 Å². The second kappa shape index (κ2) is 5.40. The monoisotopic (exact) mass is 308 g/mol. The summed E-state index contributed by atoms with van der Waals surface area (Å²) in [4.78, 5) is 12.2. The number of halogens is 1. The number of methoxy groups -OCH3 is 1. The van der Waals surface area contributed by atoms with E-state index in [1.807, 2.05) is 13.0 Å². The van der Waals surface area contributed by atoms with Crippen LogP contribution in [0.5, 0.6) is 5.75 Å². The largest absolute Gasteiger partial charge is 0.496 e. The van der Waals surface area contributed by atoms with Gasteiger partial charge in [0.1, 0.15) is 11.5 Å². The lowest BCUT2D eigenvalue weighted by Crippen LogP contribution is -2.00. The van der Waals surface area contributed by atoms with E-state index in [1.165, 1.54) is 0 Å². The minimum Gasteiger partial charge on any atom is -0.496 e. The quantitative estimate of drug-likeness (QED) is 0.806. The van der Waals surface area contributed by atoms with Gasteiger partial charge in [-0.2, -0.15) is 0 Å². The third-order valence-electron chi connectivity index (χ3n) is 2.65. The van der Waals surface area contributed by atoms with E-state index in [9.17, 15) is 4.79 Å². The standard InChI is InChI=1S/C14H13BrO3/c1-3-10-5-7-13(18-10)14(16)9-4-6-12(17-2)11(15)8-9/h4-8H,3H2,1-2H3. The molecule has 0 amide bonds. The normalized spacial score (nSPS) is 10.4. The minimum atomic E-state index is -0.127. The summed E-state index contributed by atoms with van der Waals surface area (Å²) in [7, 11) is 1.58. The summed E-state index contributed by atoms with van der Waals surface area (Å²) in [6.45, 7) is 1.98. The van der Waals surface area contributed by atoms with E-state index in [1.54, 1.807) is 31.4 Å². The number of benzene rings is 1. The molecule has 0 bridgehead atoms. The fraction of sp³-hybridized carbons (Fsp3) is 0.214. The third-order valence-corrected chi connectivity index (χ3v) is 3.27. The molecule has 1 heterocycles. The Balaban J connectivity index is 2.31. The van der Waals surface area contributed by atoms with Crippen molar-refractivity contribution in [2.24, 2.45) is 0 Å². The zero-order valence-electron chi connectivity index (χ0n) is 10.2. The molecule has 0 saturated heterocycles. The summed E-state index contributed by atoms with van der Waals surface area (Å²) in [6, 6.07) is 8.74. The highest BCUT2D eigenvalue weighted by molar-refractivity contribution is 9.10. The van der Waals surface area contributed by atoms with Crippen LogP contribution in [0.4, 0.5) is 0 Å². The molecule has 0 N–H and O–H groups in total. The number of aryl methyl sites for hydroxylation is 1. The number of ketones is 1. The molecule has 0 aliphatic rings. The molecule has 0 saturated carbocycles. The maximum Gasteiger partial charge on any atom is 0.228 e. The summed E-state index contributed by atoms with van der Waals surface area (Å²) in [5.41, 5.74) is 0.569. The molecule has 1 aromatic carbocycles. The molecule has 0 spiro atoms. The fourth-order valence-corrected chi connectivity index (χ4v) is 2.18. The van der Waals surface area contributed by atoms with Crippen molar-refractivity contribution >= 4 is 21.7 Å². The number of furan rings is 1. The molecule has 18 heavy (non-hydrogen) atoms. The first-order valence-corrected chi connectivity index (χ1v) is 6.42. The molecule has 4 heteroatoms. The highest BCUT2D eigenvalue weighted by Gasteiger charge is 2.14. The van der Waals surface area contributed by atoms with Gasteiger partial charge in [0.25, 0.3) is 0 Å². The predicted molar refractivity (Wildman–Crippen MR) is 72.2 cm³/mol. The van der Waals surface area contributed by atoms with Crippen LogP contribution in [-0.4, -0.2) is 12.9 Å². The first kappa shape index (κ1) is 12.9. The van der Waals surface area contributed by atoms with Gasteiger partial charge < -0.3 is 9.15 Å². The molecule has 2 rings (SSSR count). The van der Waals surface area contributed by atoms with Crippen LogP contribution in [0.15, 0.2) is 39.2 Å². The van der Waals surface area contributed by atoms with Crippen LogP contribution in [0.3, 0.4) is 0 Å². The van der Waals surface area contributed by atoms with Gasteiger partial charge in [-0.25, -0.2) is 0 Å². The highest BCUT2D eigenvalue weighted by Crippen LogP contribution is 2.26. The van der Waals surface area contributed by atoms with Crippen molar-refractivity contribution in [3.8, 4) is 5.75 Å². The molecule has 94 valence electrons. The molecule has 0 unspecified atom stereocenters. The van der Waals surface area contributed by atoms with E-state index in [-0.39, 0.29) is 5.78 Å². The Labute approximate surface area is 114 Å². The van der Waals surface area contributed by atoms with Crippen molar-refractivity contribution < 1.29 is 13.9 Å². The van der Waals surface area contributed by atoms with Gasteiger partial charge in [-0.3, -0.25) is 4.79 Å². The van der Waals surface area contributed by atoms with Crippen LogP contribution >= 0.6 is 15.9 Å². The van der Waals surface area contributed by atoms with Crippen molar-refractivity contribution in [3.63, 3.8) is 0 Å². The lowest BCUT2D eigenvalue weighted by Gasteiger charge is -2.04. The van der Waals surface area contributed by atoms with Gasteiger partial charge in [-0.05, 0) is 46.3 Å². The molecular formula is C14H13BrO3. The zero-order chi connectivity index (χ0) is 13.1. The van der Waals surface area contributed by atoms with Crippen LogP contribution in [0.25, 0.3) is 0 Å². The third kappa shape index (κ3) is 2.48. The minimum absolute atomic E-state index is 0.127. The number of carbonyl (C=O) groups excluding carboxylic acids is 1. The van der Waals surface area contributed by atoms with E-state index >= 15 is 0 Å². The number of rotatable bonds is 4. The predicted octanol–water partition coefficient (Wildman–Crippen LogP) is 3.84. The van der Waals surface area contributed by atoms with Crippen LogP contribution in [-0.2, 0) is 6.42 Å². The van der Waals surface area contributed by atoms with Crippen molar-refractivity contribution in [2.75, 3.05) is 7.11 Å². The van der Waals surface area contributed by atoms with Crippen LogP contribution < -0.4 is 4.74 Å². The Bertz CT molecular complexity index is 572. The Kier molecular flexibility index (Phi) is 3.87.